The molecule has 126 valence electrons. The number of ether oxygens (including phenoxy) is 1. The van der Waals surface area contributed by atoms with Gasteiger partial charge in [-0.25, -0.2) is 4.79 Å². The fourth-order valence-corrected chi connectivity index (χ4v) is 2.89. The monoisotopic (exact) mass is 319 g/mol. The lowest BCUT2D eigenvalue weighted by atomic mass is 10.1. The molecule has 0 aromatic heterocycles. The summed E-state index contributed by atoms with van der Waals surface area (Å²) in [5.41, 5.74) is 6.65. The van der Waals surface area contributed by atoms with Gasteiger partial charge in [-0.2, -0.15) is 0 Å². The van der Waals surface area contributed by atoms with Gasteiger partial charge in [0.25, 0.3) is 5.91 Å². The van der Waals surface area contributed by atoms with Crippen LogP contribution in [0, 0.1) is 12.8 Å². The van der Waals surface area contributed by atoms with Crippen LogP contribution in [0.3, 0.4) is 0 Å². The molecule has 1 aliphatic carbocycles. The molecule has 23 heavy (non-hydrogen) atoms. The van der Waals surface area contributed by atoms with E-state index in [1.165, 1.54) is 25.7 Å². The highest BCUT2D eigenvalue weighted by Gasteiger charge is 2.19. The van der Waals surface area contributed by atoms with Crippen molar-refractivity contribution in [3.8, 4) is 5.75 Å². The number of hydrogen-bond donors (Lipinski definition) is 2. The lowest BCUT2D eigenvalue weighted by Gasteiger charge is -2.22. The molecule has 1 fully saturated rings. The van der Waals surface area contributed by atoms with Crippen molar-refractivity contribution >= 4 is 17.6 Å². The summed E-state index contributed by atoms with van der Waals surface area (Å²) >= 11 is 0. The van der Waals surface area contributed by atoms with Crippen LogP contribution in [0.15, 0.2) is 18.2 Å². The predicted molar refractivity (Wildman–Crippen MR) is 89.5 cm³/mol. The van der Waals surface area contributed by atoms with E-state index in [0.717, 1.165) is 17.8 Å². The maximum atomic E-state index is 12.3. The first-order chi connectivity index (χ1) is 11.0. The fraction of sp³-hybridized carbons (Fsp3) is 0.529. The van der Waals surface area contributed by atoms with Crippen LogP contribution >= 0.6 is 0 Å². The van der Waals surface area contributed by atoms with Crippen molar-refractivity contribution in [1.82, 2.24) is 4.90 Å². The van der Waals surface area contributed by atoms with Crippen LogP contribution in [0.4, 0.5) is 10.5 Å². The number of hydrogen-bond acceptors (Lipinski definition) is 3. The number of urea groups is 1. The van der Waals surface area contributed by atoms with E-state index < -0.39 is 5.91 Å². The number of carbonyl (C=O) groups excluding carboxylic acids is 2. The Morgan fingerprint density at radius 1 is 1.35 bits per heavy atom. The highest BCUT2D eigenvalue weighted by atomic mass is 16.5. The van der Waals surface area contributed by atoms with Crippen molar-refractivity contribution in [3.63, 3.8) is 0 Å². The van der Waals surface area contributed by atoms with E-state index in [-0.39, 0.29) is 12.6 Å². The predicted octanol–water partition coefficient (Wildman–Crippen LogP) is 2.51. The first-order valence-corrected chi connectivity index (χ1v) is 7.99. The SMILES string of the molecule is Cc1cc(OCC(N)=O)ccc1NC(=O)N(C)CC1CCCC1. The minimum Gasteiger partial charge on any atom is -0.484 e. The molecule has 1 aromatic carbocycles. The molecular weight excluding hydrogens is 294 g/mol. The van der Waals surface area contributed by atoms with Crippen molar-refractivity contribution in [1.29, 1.82) is 0 Å². The van der Waals surface area contributed by atoms with Crippen LogP contribution in [0.5, 0.6) is 5.75 Å². The molecule has 6 heteroatoms. The summed E-state index contributed by atoms with van der Waals surface area (Å²) in [6, 6.07) is 5.15. The van der Waals surface area contributed by atoms with Gasteiger partial charge in [-0.15, -0.1) is 0 Å². The first kappa shape index (κ1) is 17.1. The number of aryl methyl sites for hydroxylation is 1. The Labute approximate surface area is 137 Å². The molecule has 1 aromatic rings. The van der Waals surface area contributed by atoms with Gasteiger partial charge < -0.3 is 20.7 Å². The minimum absolute atomic E-state index is 0.106. The Morgan fingerprint density at radius 3 is 2.65 bits per heavy atom. The number of primary amides is 1. The largest absolute Gasteiger partial charge is 0.484 e. The molecule has 3 N–H and O–H groups in total. The molecule has 0 spiro atoms. The molecule has 0 radical (unpaired) electrons. The molecule has 0 aliphatic heterocycles. The summed E-state index contributed by atoms with van der Waals surface area (Å²) in [6.07, 6.45) is 4.96. The molecule has 0 atom stereocenters. The summed E-state index contributed by atoms with van der Waals surface area (Å²) in [4.78, 5) is 24.7. The zero-order valence-electron chi connectivity index (χ0n) is 13.8. The van der Waals surface area contributed by atoms with Gasteiger partial charge in [0.05, 0.1) is 0 Å². The van der Waals surface area contributed by atoms with Gasteiger partial charge >= 0.3 is 6.03 Å². The maximum absolute atomic E-state index is 12.3. The van der Waals surface area contributed by atoms with Crippen molar-refractivity contribution in [3.05, 3.63) is 23.8 Å². The standard InChI is InChI=1S/C17H25N3O3/c1-12-9-14(23-11-16(18)21)7-8-15(12)19-17(22)20(2)10-13-5-3-4-6-13/h7-9,13H,3-6,10-11H2,1-2H3,(H2,18,21)(H,19,22). The van der Waals surface area contributed by atoms with E-state index in [4.69, 9.17) is 10.5 Å². The Hall–Kier alpha value is -2.24. The van der Waals surface area contributed by atoms with Gasteiger partial charge in [0.2, 0.25) is 0 Å². The molecule has 1 aliphatic rings. The smallest absolute Gasteiger partial charge is 0.321 e. The van der Waals surface area contributed by atoms with Gasteiger partial charge in [0.15, 0.2) is 6.61 Å². The summed E-state index contributed by atoms with van der Waals surface area (Å²) in [5, 5.41) is 2.92. The molecular formula is C17H25N3O3. The zero-order chi connectivity index (χ0) is 16.8. The second kappa shape index (κ2) is 7.85. The van der Waals surface area contributed by atoms with Crippen molar-refractivity contribution in [2.24, 2.45) is 11.7 Å². The van der Waals surface area contributed by atoms with Crippen molar-refractivity contribution < 1.29 is 14.3 Å². The third-order valence-corrected chi connectivity index (χ3v) is 4.17. The number of carbonyl (C=O) groups is 2. The highest BCUT2D eigenvalue weighted by molar-refractivity contribution is 5.90. The Balaban J connectivity index is 1.90. The average Bonchev–Trinajstić information content (AvgIpc) is 3.00. The summed E-state index contributed by atoms with van der Waals surface area (Å²) < 4.78 is 5.25. The average molecular weight is 319 g/mol. The Bertz CT molecular complexity index is 568. The molecule has 6 nitrogen and oxygen atoms in total. The van der Waals surface area contributed by atoms with Crippen LogP contribution in [-0.2, 0) is 4.79 Å². The lowest BCUT2D eigenvalue weighted by molar-refractivity contribution is -0.119. The number of rotatable bonds is 6. The molecule has 0 bridgehead atoms. The topological polar surface area (TPSA) is 84.7 Å². The lowest BCUT2D eigenvalue weighted by Crippen LogP contribution is -2.34. The van der Waals surface area contributed by atoms with E-state index in [9.17, 15) is 9.59 Å². The number of anilines is 1. The van der Waals surface area contributed by atoms with E-state index in [0.29, 0.717) is 11.7 Å². The van der Waals surface area contributed by atoms with Crippen LogP contribution in [-0.4, -0.2) is 37.0 Å². The normalized spacial score (nSPS) is 14.5. The second-order valence-electron chi connectivity index (χ2n) is 6.19. The molecule has 0 heterocycles. The first-order valence-electron chi connectivity index (χ1n) is 7.99. The van der Waals surface area contributed by atoms with Crippen molar-refractivity contribution in [2.75, 3.05) is 25.5 Å². The van der Waals surface area contributed by atoms with Gasteiger partial charge in [-0.3, -0.25) is 4.79 Å². The van der Waals surface area contributed by atoms with E-state index in [1.54, 1.807) is 23.1 Å². The van der Waals surface area contributed by atoms with Gasteiger partial charge in [-0.1, -0.05) is 12.8 Å². The van der Waals surface area contributed by atoms with Gasteiger partial charge in [-0.05, 0) is 49.4 Å². The molecule has 0 saturated heterocycles. The van der Waals surface area contributed by atoms with Crippen molar-refractivity contribution in [2.45, 2.75) is 32.6 Å². The Kier molecular flexibility index (Phi) is 5.84. The minimum atomic E-state index is -0.520. The number of benzene rings is 1. The third kappa shape index (κ3) is 5.16. The van der Waals surface area contributed by atoms with Gasteiger partial charge in [0.1, 0.15) is 5.75 Å². The maximum Gasteiger partial charge on any atom is 0.321 e. The molecule has 0 unspecified atom stereocenters. The molecule has 3 amide bonds. The number of nitrogens with two attached hydrogens (primary N) is 1. The number of nitrogens with one attached hydrogen (secondary N) is 1. The number of amides is 3. The van der Waals surface area contributed by atoms with Crippen LogP contribution < -0.4 is 15.8 Å². The van der Waals surface area contributed by atoms with Gasteiger partial charge in [0, 0.05) is 19.3 Å². The van der Waals surface area contributed by atoms with E-state index >= 15 is 0 Å². The zero-order valence-corrected chi connectivity index (χ0v) is 13.8. The summed E-state index contributed by atoms with van der Waals surface area (Å²) in [6.45, 7) is 2.52. The van der Waals surface area contributed by atoms with E-state index in [2.05, 4.69) is 5.32 Å². The molecule has 1 saturated carbocycles. The van der Waals surface area contributed by atoms with Crippen LogP contribution in [0.25, 0.3) is 0 Å². The van der Waals surface area contributed by atoms with E-state index in [1.807, 2.05) is 14.0 Å². The highest BCUT2D eigenvalue weighted by Crippen LogP contribution is 2.26. The fourth-order valence-electron chi connectivity index (χ4n) is 2.89. The summed E-state index contributed by atoms with van der Waals surface area (Å²) in [5.74, 6) is 0.656. The summed E-state index contributed by atoms with van der Waals surface area (Å²) in [7, 11) is 1.83. The number of nitrogens with zero attached hydrogens (tertiary/aromatic N) is 1. The molecule has 2 rings (SSSR count). The second-order valence-corrected chi connectivity index (χ2v) is 6.19. The Morgan fingerprint density at radius 2 is 2.04 bits per heavy atom. The van der Waals surface area contributed by atoms with Crippen LogP contribution in [0.2, 0.25) is 0 Å². The van der Waals surface area contributed by atoms with Crippen LogP contribution in [0.1, 0.15) is 31.2 Å². The third-order valence-electron chi connectivity index (χ3n) is 4.17. The quantitative estimate of drug-likeness (QED) is 0.845.